The van der Waals surface area contributed by atoms with Crippen LogP contribution in [-0.2, 0) is 10.0 Å². The maximum absolute atomic E-state index is 12.0. The third-order valence-electron chi connectivity index (χ3n) is 2.39. The first kappa shape index (κ1) is 17.5. The molecule has 112 valence electrons. The van der Waals surface area contributed by atoms with Gasteiger partial charge in [-0.3, -0.25) is 0 Å². The number of nitrogens with one attached hydrogen (secondary N) is 1. The van der Waals surface area contributed by atoms with E-state index >= 15 is 0 Å². The first-order valence-electron chi connectivity index (χ1n) is 5.75. The average Bonchev–Trinajstić information content (AvgIpc) is 2.97. The molecule has 0 aliphatic rings. The second-order valence-corrected chi connectivity index (χ2v) is 8.05. The molecule has 0 aliphatic carbocycles. The molecule has 0 spiro atoms. The lowest BCUT2D eigenvalue weighted by Gasteiger charge is -2.02. The summed E-state index contributed by atoms with van der Waals surface area (Å²) in [6.45, 7) is 2.76. The van der Waals surface area contributed by atoms with Crippen LogP contribution in [-0.4, -0.2) is 26.5 Å². The van der Waals surface area contributed by atoms with Crippen molar-refractivity contribution in [2.45, 2.75) is 17.6 Å². The maximum Gasteiger partial charge on any atom is 0.250 e. The minimum absolute atomic E-state index is 0. The highest BCUT2D eigenvalue weighted by atomic mass is 35.5. The van der Waals surface area contributed by atoms with Crippen molar-refractivity contribution in [2.24, 2.45) is 5.73 Å². The van der Waals surface area contributed by atoms with Crippen LogP contribution in [0.25, 0.3) is 10.6 Å². The summed E-state index contributed by atoms with van der Waals surface area (Å²) in [5.41, 5.74) is 6.17. The Balaban J connectivity index is 0.00000200. The van der Waals surface area contributed by atoms with Gasteiger partial charge in [-0.05, 0) is 32.0 Å². The van der Waals surface area contributed by atoms with Crippen LogP contribution in [0.4, 0.5) is 0 Å². The van der Waals surface area contributed by atoms with Crippen molar-refractivity contribution in [1.29, 1.82) is 0 Å². The van der Waals surface area contributed by atoms with Gasteiger partial charge in [-0.25, -0.2) is 18.1 Å². The van der Waals surface area contributed by atoms with Gasteiger partial charge in [-0.2, -0.15) is 0 Å². The number of halogens is 1. The normalized spacial score (nSPS) is 11.3. The van der Waals surface area contributed by atoms with Crippen molar-refractivity contribution < 1.29 is 8.42 Å². The molecule has 0 unspecified atom stereocenters. The number of nitrogens with two attached hydrogens (primary N) is 1. The molecule has 0 fully saturated rings. The largest absolute Gasteiger partial charge is 0.330 e. The Morgan fingerprint density at radius 2 is 2.15 bits per heavy atom. The van der Waals surface area contributed by atoms with Crippen molar-refractivity contribution in [3.8, 4) is 10.6 Å². The lowest BCUT2D eigenvalue weighted by Crippen LogP contribution is -2.25. The van der Waals surface area contributed by atoms with Crippen molar-refractivity contribution in [2.75, 3.05) is 13.1 Å². The summed E-state index contributed by atoms with van der Waals surface area (Å²) in [6.07, 6.45) is 0.628. The molecule has 2 rings (SSSR count). The third kappa shape index (κ3) is 4.24. The highest BCUT2D eigenvalue weighted by Gasteiger charge is 2.17. The summed E-state index contributed by atoms with van der Waals surface area (Å²) < 4.78 is 26.8. The fourth-order valence-corrected chi connectivity index (χ4v) is 4.53. The summed E-state index contributed by atoms with van der Waals surface area (Å²) in [6, 6.07) is 3.40. The molecule has 0 radical (unpaired) electrons. The minimum Gasteiger partial charge on any atom is -0.330 e. The van der Waals surface area contributed by atoms with Gasteiger partial charge in [-0.15, -0.1) is 35.1 Å². The Labute approximate surface area is 132 Å². The number of hydrogen-bond donors (Lipinski definition) is 2. The van der Waals surface area contributed by atoms with Gasteiger partial charge in [0, 0.05) is 11.9 Å². The van der Waals surface area contributed by atoms with Crippen LogP contribution in [0.2, 0.25) is 0 Å². The number of nitrogens with zero attached hydrogens (tertiary/aromatic N) is 1. The van der Waals surface area contributed by atoms with Gasteiger partial charge >= 0.3 is 0 Å². The highest BCUT2D eigenvalue weighted by Crippen LogP contribution is 2.31. The number of thiophene rings is 1. The zero-order chi connectivity index (χ0) is 13.9. The van der Waals surface area contributed by atoms with Crippen molar-refractivity contribution in [3.63, 3.8) is 0 Å². The van der Waals surface area contributed by atoms with E-state index in [0.29, 0.717) is 23.7 Å². The summed E-state index contributed by atoms with van der Waals surface area (Å²) in [5.74, 6) is 0. The molecule has 0 amide bonds. The maximum atomic E-state index is 12.0. The Kier molecular flexibility index (Phi) is 6.56. The molecule has 2 aromatic rings. The van der Waals surface area contributed by atoms with Crippen LogP contribution in [0.15, 0.2) is 21.7 Å². The zero-order valence-corrected chi connectivity index (χ0v) is 14.1. The van der Waals surface area contributed by atoms with E-state index in [4.69, 9.17) is 5.73 Å². The topological polar surface area (TPSA) is 85.1 Å². The number of aryl methyl sites for hydroxylation is 1. The van der Waals surface area contributed by atoms with Crippen molar-refractivity contribution in [3.05, 3.63) is 22.5 Å². The molecule has 2 aromatic heterocycles. The molecule has 0 aromatic carbocycles. The predicted octanol–water partition coefficient (Wildman–Crippen LogP) is 2.23. The zero-order valence-electron chi connectivity index (χ0n) is 10.8. The molecule has 0 saturated heterocycles. The van der Waals surface area contributed by atoms with Crippen LogP contribution in [0, 0.1) is 6.92 Å². The van der Waals surface area contributed by atoms with E-state index in [-0.39, 0.29) is 12.4 Å². The van der Waals surface area contributed by atoms with E-state index in [9.17, 15) is 8.42 Å². The Morgan fingerprint density at radius 1 is 1.40 bits per heavy atom. The number of hydrogen-bond acceptors (Lipinski definition) is 6. The van der Waals surface area contributed by atoms with E-state index in [1.807, 2.05) is 12.3 Å². The summed E-state index contributed by atoms with van der Waals surface area (Å²) >= 11 is 2.78. The third-order valence-corrected chi connectivity index (χ3v) is 6.22. The Morgan fingerprint density at radius 3 is 2.75 bits per heavy atom. The summed E-state index contributed by atoms with van der Waals surface area (Å²) in [7, 11) is -3.42. The number of sulfonamides is 1. The fraction of sp³-hybridized carbons (Fsp3) is 0.364. The number of thiazole rings is 1. The highest BCUT2D eigenvalue weighted by molar-refractivity contribution is 7.91. The second-order valence-electron chi connectivity index (χ2n) is 3.91. The fourth-order valence-electron chi connectivity index (χ4n) is 1.46. The second kappa shape index (κ2) is 7.48. The molecule has 3 N–H and O–H groups in total. The smallest absolute Gasteiger partial charge is 0.250 e. The Bertz CT molecular complexity index is 651. The van der Waals surface area contributed by atoms with Gasteiger partial charge in [0.15, 0.2) is 0 Å². The SMILES string of the molecule is Cc1nc(-c2ccc(S(=O)(=O)NCCCN)s2)cs1.Cl. The van der Waals surface area contributed by atoms with Gasteiger partial charge in [0.05, 0.1) is 15.6 Å². The predicted molar refractivity (Wildman–Crippen MR) is 86.3 cm³/mol. The van der Waals surface area contributed by atoms with E-state index < -0.39 is 10.0 Å². The molecule has 0 atom stereocenters. The van der Waals surface area contributed by atoms with Crippen LogP contribution < -0.4 is 10.5 Å². The Hall–Kier alpha value is -0.510. The van der Waals surface area contributed by atoms with Gasteiger partial charge in [0.1, 0.15) is 4.21 Å². The first-order chi connectivity index (χ1) is 9.03. The molecular weight excluding hydrogens is 338 g/mol. The number of rotatable bonds is 6. The summed E-state index contributed by atoms with van der Waals surface area (Å²) in [5, 5.41) is 2.90. The standard InChI is InChI=1S/C11H15N3O2S3.ClH/c1-8-14-9(7-17-8)10-3-4-11(18-10)19(15,16)13-6-2-5-12;/h3-4,7,13H,2,5-6,12H2,1H3;1H. The van der Waals surface area contributed by atoms with E-state index in [0.717, 1.165) is 15.6 Å². The lowest BCUT2D eigenvalue weighted by atomic mass is 10.4. The van der Waals surface area contributed by atoms with Gasteiger partial charge in [0.2, 0.25) is 10.0 Å². The quantitative estimate of drug-likeness (QED) is 0.780. The first-order valence-corrected chi connectivity index (χ1v) is 8.93. The van der Waals surface area contributed by atoms with Gasteiger partial charge in [-0.1, -0.05) is 0 Å². The number of aromatic nitrogens is 1. The van der Waals surface area contributed by atoms with E-state index in [1.54, 1.807) is 23.5 Å². The monoisotopic (exact) mass is 353 g/mol. The molecule has 9 heteroatoms. The molecule has 0 bridgehead atoms. The average molecular weight is 354 g/mol. The van der Waals surface area contributed by atoms with Crippen LogP contribution >= 0.6 is 35.1 Å². The van der Waals surface area contributed by atoms with Gasteiger partial charge < -0.3 is 5.73 Å². The molecule has 0 aliphatic heterocycles. The van der Waals surface area contributed by atoms with Crippen molar-refractivity contribution in [1.82, 2.24) is 9.71 Å². The molecular formula is C11H16ClN3O2S3. The summed E-state index contributed by atoms with van der Waals surface area (Å²) in [4.78, 5) is 5.21. The van der Waals surface area contributed by atoms with Crippen LogP contribution in [0.3, 0.4) is 0 Å². The minimum atomic E-state index is -3.42. The van der Waals surface area contributed by atoms with Crippen LogP contribution in [0.5, 0.6) is 0 Å². The van der Waals surface area contributed by atoms with E-state index in [1.165, 1.54) is 11.3 Å². The lowest BCUT2D eigenvalue weighted by molar-refractivity contribution is 0.581. The van der Waals surface area contributed by atoms with Crippen LogP contribution in [0.1, 0.15) is 11.4 Å². The molecule has 0 saturated carbocycles. The van der Waals surface area contributed by atoms with Crippen molar-refractivity contribution >= 4 is 45.1 Å². The molecule has 5 nitrogen and oxygen atoms in total. The van der Waals surface area contributed by atoms with Gasteiger partial charge in [0.25, 0.3) is 0 Å². The molecule has 20 heavy (non-hydrogen) atoms. The molecule has 2 heterocycles. The van der Waals surface area contributed by atoms with E-state index in [2.05, 4.69) is 9.71 Å².